The Morgan fingerprint density at radius 3 is 2.46 bits per heavy atom. The third kappa shape index (κ3) is 1.93. The quantitative estimate of drug-likeness (QED) is 0.666. The number of hydrogen-bond donors (Lipinski definition) is 1. The maximum Gasteiger partial charge on any atom is 0.331 e. The van der Waals surface area contributed by atoms with Crippen LogP contribution in [0.5, 0.6) is 0 Å². The zero-order chi connectivity index (χ0) is 10.1. The van der Waals surface area contributed by atoms with Gasteiger partial charge in [-0.15, -0.1) is 0 Å². The van der Waals surface area contributed by atoms with Crippen molar-refractivity contribution in [3.8, 4) is 0 Å². The van der Waals surface area contributed by atoms with Crippen molar-refractivity contribution in [3.63, 3.8) is 0 Å². The number of carboxylic acid groups (broad SMARTS) is 1. The molecule has 0 aromatic rings. The minimum absolute atomic E-state index is 0.115. The van der Waals surface area contributed by atoms with Crippen LogP contribution in [0.1, 0.15) is 46.5 Å². The van der Waals surface area contributed by atoms with Gasteiger partial charge in [-0.3, -0.25) is 0 Å². The Morgan fingerprint density at radius 1 is 1.54 bits per heavy atom. The Balaban J connectivity index is 3.07. The maximum absolute atomic E-state index is 10.9. The Hall–Kier alpha value is -0.790. The standard InChI is InChI=1S/C11H18O2/c1-4-8(10(12)13)9-6-5-7-11(9,2)3/h4-7H2,1-3H3,(H,12,13)/b9-8-. The molecule has 0 heterocycles. The molecule has 0 bridgehead atoms. The van der Waals surface area contributed by atoms with Crippen molar-refractivity contribution in [2.75, 3.05) is 0 Å². The van der Waals surface area contributed by atoms with E-state index in [0.29, 0.717) is 12.0 Å². The van der Waals surface area contributed by atoms with E-state index in [1.54, 1.807) is 0 Å². The van der Waals surface area contributed by atoms with Crippen molar-refractivity contribution < 1.29 is 9.90 Å². The molecule has 2 nitrogen and oxygen atoms in total. The first kappa shape index (κ1) is 10.3. The van der Waals surface area contributed by atoms with Crippen molar-refractivity contribution in [2.45, 2.75) is 46.5 Å². The lowest BCUT2D eigenvalue weighted by Crippen LogP contribution is -2.13. The highest BCUT2D eigenvalue weighted by Crippen LogP contribution is 2.44. The zero-order valence-electron chi connectivity index (χ0n) is 8.68. The van der Waals surface area contributed by atoms with E-state index < -0.39 is 5.97 Å². The van der Waals surface area contributed by atoms with Crippen molar-refractivity contribution >= 4 is 5.97 Å². The van der Waals surface area contributed by atoms with Crippen LogP contribution in [0.3, 0.4) is 0 Å². The van der Waals surface area contributed by atoms with E-state index in [9.17, 15) is 4.79 Å². The first-order chi connectivity index (χ1) is 5.99. The Labute approximate surface area is 79.6 Å². The summed E-state index contributed by atoms with van der Waals surface area (Å²) in [6.45, 7) is 6.22. The van der Waals surface area contributed by atoms with Gasteiger partial charge in [0.25, 0.3) is 0 Å². The predicted molar refractivity (Wildman–Crippen MR) is 52.6 cm³/mol. The number of carboxylic acids is 1. The topological polar surface area (TPSA) is 37.3 Å². The normalized spacial score (nSPS) is 24.5. The second-order valence-corrected chi connectivity index (χ2v) is 4.35. The first-order valence-corrected chi connectivity index (χ1v) is 4.95. The van der Waals surface area contributed by atoms with Gasteiger partial charge in [-0.1, -0.05) is 26.3 Å². The molecule has 1 N–H and O–H groups in total. The summed E-state index contributed by atoms with van der Waals surface area (Å²) in [7, 11) is 0. The molecule has 1 saturated carbocycles. The summed E-state index contributed by atoms with van der Waals surface area (Å²) in [6.07, 6.45) is 3.88. The van der Waals surface area contributed by atoms with Gasteiger partial charge in [0.05, 0.1) is 0 Å². The number of carbonyl (C=O) groups is 1. The maximum atomic E-state index is 10.9. The molecule has 0 aromatic carbocycles. The second-order valence-electron chi connectivity index (χ2n) is 4.35. The van der Waals surface area contributed by atoms with Gasteiger partial charge in [-0.2, -0.15) is 0 Å². The van der Waals surface area contributed by atoms with Gasteiger partial charge in [-0.25, -0.2) is 4.79 Å². The van der Waals surface area contributed by atoms with Gasteiger partial charge in [0.2, 0.25) is 0 Å². The van der Waals surface area contributed by atoms with Crippen molar-refractivity contribution in [1.29, 1.82) is 0 Å². The third-order valence-electron chi connectivity index (χ3n) is 3.02. The van der Waals surface area contributed by atoms with Crippen molar-refractivity contribution in [2.24, 2.45) is 5.41 Å². The molecule has 0 spiro atoms. The highest BCUT2D eigenvalue weighted by molar-refractivity contribution is 5.87. The summed E-state index contributed by atoms with van der Waals surface area (Å²) < 4.78 is 0. The van der Waals surface area contributed by atoms with Crippen LogP contribution in [0, 0.1) is 5.41 Å². The summed E-state index contributed by atoms with van der Waals surface area (Å²) in [5.74, 6) is -0.729. The fraction of sp³-hybridized carbons (Fsp3) is 0.727. The number of rotatable bonds is 2. The average molecular weight is 182 g/mol. The summed E-state index contributed by atoms with van der Waals surface area (Å²) in [5, 5.41) is 9.01. The van der Waals surface area contributed by atoms with Gasteiger partial charge in [0.1, 0.15) is 0 Å². The molecule has 2 heteroatoms. The zero-order valence-corrected chi connectivity index (χ0v) is 8.68. The largest absolute Gasteiger partial charge is 0.478 e. The summed E-state index contributed by atoms with van der Waals surface area (Å²) >= 11 is 0. The lowest BCUT2D eigenvalue weighted by Gasteiger charge is -2.21. The Kier molecular flexibility index (Phi) is 2.79. The van der Waals surface area contributed by atoms with Gasteiger partial charge in [0.15, 0.2) is 0 Å². The van der Waals surface area contributed by atoms with E-state index in [1.807, 2.05) is 6.92 Å². The SMILES string of the molecule is CC/C(C(=O)O)=C1\CCCC1(C)C. The monoisotopic (exact) mass is 182 g/mol. The first-order valence-electron chi connectivity index (χ1n) is 4.95. The van der Waals surface area contributed by atoms with Crippen LogP contribution in [0.4, 0.5) is 0 Å². The van der Waals surface area contributed by atoms with Crippen LogP contribution in [0.25, 0.3) is 0 Å². The molecule has 0 saturated heterocycles. The van der Waals surface area contributed by atoms with Gasteiger partial charge in [0, 0.05) is 5.57 Å². The lowest BCUT2D eigenvalue weighted by molar-refractivity contribution is -0.132. The van der Waals surface area contributed by atoms with Crippen LogP contribution in [0.15, 0.2) is 11.1 Å². The fourth-order valence-electron chi connectivity index (χ4n) is 2.25. The summed E-state index contributed by atoms with van der Waals surface area (Å²) in [5.41, 5.74) is 1.93. The molecule has 1 fully saturated rings. The van der Waals surface area contributed by atoms with E-state index in [0.717, 1.165) is 19.3 Å². The molecule has 0 amide bonds. The van der Waals surface area contributed by atoms with Crippen molar-refractivity contribution in [3.05, 3.63) is 11.1 Å². The molecule has 1 aliphatic carbocycles. The smallest absolute Gasteiger partial charge is 0.331 e. The minimum Gasteiger partial charge on any atom is -0.478 e. The number of allylic oxidation sites excluding steroid dienone is 1. The highest BCUT2D eigenvalue weighted by atomic mass is 16.4. The molecule has 0 radical (unpaired) electrons. The van der Waals surface area contributed by atoms with Gasteiger partial charge >= 0.3 is 5.97 Å². The highest BCUT2D eigenvalue weighted by Gasteiger charge is 2.32. The van der Waals surface area contributed by atoms with E-state index in [2.05, 4.69) is 13.8 Å². The average Bonchev–Trinajstić information content (AvgIpc) is 2.32. The second kappa shape index (κ2) is 3.52. The van der Waals surface area contributed by atoms with E-state index in [4.69, 9.17) is 5.11 Å². The molecular weight excluding hydrogens is 164 g/mol. The van der Waals surface area contributed by atoms with Crippen LogP contribution in [-0.2, 0) is 4.79 Å². The summed E-state index contributed by atoms with van der Waals surface area (Å²) in [4.78, 5) is 10.9. The van der Waals surface area contributed by atoms with Crippen LogP contribution in [0.2, 0.25) is 0 Å². The van der Waals surface area contributed by atoms with Crippen LogP contribution in [-0.4, -0.2) is 11.1 Å². The van der Waals surface area contributed by atoms with Gasteiger partial charge in [-0.05, 0) is 31.1 Å². The fourth-order valence-corrected chi connectivity index (χ4v) is 2.25. The molecule has 0 atom stereocenters. The molecule has 0 aromatic heterocycles. The molecule has 0 unspecified atom stereocenters. The van der Waals surface area contributed by atoms with E-state index >= 15 is 0 Å². The number of hydrogen-bond acceptors (Lipinski definition) is 1. The van der Waals surface area contributed by atoms with Crippen LogP contribution >= 0.6 is 0 Å². The molecule has 1 aliphatic rings. The molecule has 0 aliphatic heterocycles. The third-order valence-corrected chi connectivity index (χ3v) is 3.02. The summed E-state index contributed by atoms with van der Waals surface area (Å²) in [6, 6.07) is 0. The van der Waals surface area contributed by atoms with Gasteiger partial charge < -0.3 is 5.11 Å². The predicted octanol–water partition coefficient (Wildman–Crippen LogP) is 2.99. The molecule has 74 valence electrons. The number of aliphatic carboxylic acids is 1. The minimum atomic E-state index is -0.729. The van der Waals surface area contributed by atoms with Crippen molar-refractivity contribution in [1.82, 2.24) is 0 Å². The Morgan fingerprint density at radius 2 is 2.15 bits per heavy atom. The van der Waals surface area contributed by atoms with Crippen LogP contribution < -0.4 is 0 Å². The lowest BCUT2D eigenvalue weighted by atomic mass is 9.83. The molecule has 1 rings (SSSR count). The molecule has 13 heavy (non-hydrogen) atoms. The van der Waals surface area contributed by atoms with E-state index in [-0.39, 0.29) is 5.41 Å². The Bertz CT molecular complexity index is 249. The van der Waals surface area contributed by atoms with E-state index in [1.165, 1.54) is 5.57 Å². The molecular formula is C11H18O2.